The number of nitrogens with one attached hydrogen (secondary N) is 1. The average Bonchev–Trinajstić information content (AvgIpc) is 2.48. The lowest BCUT2D eigenvalue weighted by atomic mass is 10.2. The quantitative estimate of drug-likeness (QED) is 0.486. The second-order valence-electron chi connectivity index (χ2n) is 4.77. The van der Waals surface area contributed by atoms with Gasteiger partial charge in [-0.25, -0.2) is 13.4 Å². The van der Waals surface area contributed by atoms with E-state index in [-0.39, 0.29) is 10.7 Å². The van der Waals surface area contributed by atoms with Crippen LogP contribution in [0.15, 0.2) is 52.5 Å². The summed E-state index contributed by atoms with van der Waals surface area (Å²) in [5.74, 6) is 0.263. The van der Waals surface area contributed by atoms with Gasteiger partial charge in [0.15, 0.2) is 0 Å². The van der Waals surface area contributed by atoms with Crippen LogP contribution in [0.4, 0.5) is 5.82 Å². The molecule has 0 amide bonds. The van der Waals surface area contributed by atoms with Gasteiger partial charge in [-0.15, -0.1) is 5.16 Å². The first-order valence-corrected chi connectivity index (χ1v) is 8.21. The van der Waals surface area contributed by atoms with Crippen molar-refractivity contribution in [3.63, 3.8) is 0 Å². The summed E-state index contributed by atoms with van der Waals surface area (Å²) in [4.78, 5) is 4.43. The molecule has 116 valence electrons. The highest BCUT2D eigenvalue weighted by Crippen LogP contribution is 2.15. The van der Waals surface area contributed by atoms with E-state index < -0.39 is 10.0 Å². The molecule has 1 aromatic heterocycles. The summed E-state index contributed by atoms with van der Waals surface area (Å²) in [6, 6.07) is 11.7. The van der Waals surface area contributed by atoms with E-state index in [4.69, 9.17) is 5.21 Å². The van der Waals surface area contributed by atoms with Crippen molar-refractivity contribution in [3.05, 3.63) is 53.7 Å². The van der Waals surface area contributed by atoms with Gasteiger partial charge >= 0.3 is 0 Å². The zero-order chi connectivity index (χ0) is 16.0. The number of benzene rings is 1. The molecule has 0 saturated carbocycles. The Balaban J connectivity index is 2.15. The van der Waals surface area contributed by atoms with Crippen LogP contribution in [-0.2, 0) is 16.4 Å². The normalized spacial score (nSPS) is 11.7. The molecule has 0 fully saturated rings. The Labute approximate surface area is 129 Å². The molecule has 1 aromatic carbocycles. The Morgan fingerprint density at radius 1 is 1.23 bits per heavy atom. The molecule has 0 aliphatic carbocycles. The van der Waals surface area contributed by atoms with Gasteiger partial charge in [-0.2, -0.15) is 0 Å². The number of hydrogen-bond donors (Lipinski definition) is 2. The van der Waals surface area contributed by atoms with Crippen molar-refractivity contribution in [2.45, 2.75) is 24.7 Å². The maximum Gasteiger partial charge on any atom is 0.263 e. The third-order valence-corrected chi connectivity index (χ3v) is 4.36. The minimum absolute atomic E-state index is 0.192. The lowest BCUT2D eigenvalue weighted by molar-refractivity contribution is 0.320. The number of pyridine rings is 1. The highest BCUT2D eigenvalue weighted by Gasteiger charge is 2.14. The zero-order valence-electron chi connectivity index (χ0n) is 12.1. The standard InChI is InChI=1S/C15H17N3O3S/c1-12-7-9-14(10-8-12)22(20,21)18-15-6-2-4-13(17-15)5-3-11-16-19/h2,4,6-11,19H,3,5H2,1H3,(H,17,18)/b16-11+. The highest BCUT2D eigenvalue weighted by molar-refractivity contribution is 7.92. The number of sulfonamides is 1. The average molecular weight is 319 g/mol. The second-order valence-corrected chi connectivity index (χ2v) is 6.45. The Morgan fingerprint density at radius 3 is 2.64 bits per heavy atom. The van der Waals surface area contributed by atoms with Crippen LogP contribution in [0.3, 0.4) is 0 Å². The molecule has 0 saturated heterocycles. The van der Waals surface area contributed by atoms with Gasteiger partial charge in [-0.1, -0.05) is 23.8 Å². The van der Waals surface area contributed by atoms with E-state index in [2.05, 4.69) is 14.9 Å². The van der Waals surface area contributed by atoms with Crippen LogP contribution in [0.2, 0.25) is 0 Å². The van der Waals surface area contributed by atoms with Crippen molar-refractivity contribution in [1.82, 2.24) is 4.98 Å². The van der Waals surface area contributed by atoms with E-state index in [1.54, 1.807) is 42.5 Å². The van der Waals surface area contributed by atoms with Gasteiger partial charge in [0.1, 0.15) is 5.82 Å². The van der Waals surface area contributed by atoms with Crippen molar-refractivity contribution in [2.75, 3.05) is 4.72 Å². The molecule has 0 radical (unpaired) electrons. The van der Waals surface area contributed by atoms with E-state index in [1.807, 2.05) is 6.92 Å². The summed E-state index contributed by atoms with van der Waals surface area (Å²) in [6.45, 7) is 1.89. The molecule has 2 aromatic rings. The topological polar surface area (TPSA) is 91.7 Å². The molecule has 7 heteroatoms. The first-order valence-electron chi connectivity index (χ1n) is 6.72. The minimum atomic E-state index is -3.65. The number of oxime groups is 1. The van der Waals surface area contributed by atoms with Crippen molar-refractivity contribution in [2.24, 2.45) is 5.16 Å². The highest BCUT2D eigenvalue weighted by atomic mass is 32.2. The van der Waals surface area contributed by atoms with Crippen LogP contribution in [0, 0.1) is 6.92 Å². The Hall–Kier alpha value is -2.41. The van der Waals surface area contributed by atoms with Gasteiger partial charge in [0.2, 0.25) is 0 Å². The summed E-state index contributed by atoms with van der Waals surface area (Å²) in [5.41, 5.74) is 1.70. The molecule has 0 unspecified atom stereocenters. The largest absolute Gasteiger partial charge is 0.411 e. The summed E-state index contributed by atoms with van der Waals surface area (Å²) in [6.07, 6.45) is 2.45. The molecule has 0 aliphatic heterocycles. The predicted molar refractivity (Wildman–Crippen MR) is 84.8 cm³/mol. The molecule has 6 nitrogen and oxygen atoms in total. The van der Waals surface area contributed by atoms with E-state index in [1.165, 1.54) is 6.21 Å². The fraction of sp³-hybridized carbons (Fsp3) is 0.200. The van der Waals surface area contributed by atoms with Gasteiger partial charge in [-0.3, -0.25) is 4.72 Å². The zero-order valence-corrected chi connectivity index (χ0v) is 12.9. The van der Waals surface area contributed by atoms with Crippen molar-refractivity contribution >= 4 is 22.1 Å². The SMILES string of the molecule is Cc1ccc(S(=O)(=O)Nc2cccc(CC/C=N/O)n2)cc1. The maximum absolute atomic E-state index is 12.3. The smallest absolute Gasteiger partial charge is 0.263 e. The first kappa shape index (κ1) is 16.0. The number of rotatable bonds is 6. The number of nitrogens with zero attached hydrogens (tertiary/aromatic N) is 2. The molecule has 0 bridgehead atoms. The van der Waals surface area contributed by atoms with Gasteiger partial charge in [0.05, 0.1) is 4.90 Å². The van der Waals surface area contributed by atoms with Crippen molar-refractivity contribution < 1.29 is 13.6 Å². The number of aryl methyl sites for hydroxylation is 2. The number of anilines is 1. The summed E-state index contributed by atoms with van der Waals surface area (Å²) < 4.78 is 27.0. The summed E-state index contributed by atoms with van der Waals surface area (Å²) in [7, 11) is -3.65. The van der Waals surface area contributed by atoms with Gasteiger partial charge in [0.25, 0.3) is 10.0 Å². The van der Waals surface area contributed by atoms with Crippen LogP contribution < -0.4 is 4.72 Å². The van der Waals surface area contributed by atoms with Gasteiger partial charge in [-0.05, 0) is 44.0 Å². The molecular weight excluding hydrogens is 302 g/mol. The van der Waals surface area contributed by atoms with E-state index >= 15 is 0 Å². The second kappa shape index (κ2) is 7.04. The molecule has 2 rings (SSSR count). The van der Waals surface area contributed by atoms with E-state index in [0.29, 0.717) is 18.5 Å². The van der Waals surface area contributed by atoms with Crippen LogP contribution in [-0.4, -0.2) is 24.8 Å². The van der Waals surface area contributed by atoms with E-state index in [0.717, 1.165) is 5.56 Å². The fourth-order valence-corrected chi connectivity index (χ4v) is 2.86. The Kier molecular flexibility index (Phi) is 5.11. The van der Waals surface area contributed by atoms with Crippen LogP contribution >= 0.6 is 0 Å². The third-order valence-electron chi connectivity index (χ3n) is 2.99. The lowest BCUT2D eigenvalue weighted by Gasteiger charge is -2.08. The fourth-order valence-electron chi connectivity index (χ4n) is 1.86. The Morgan fingerprint density at radius 2 is 1.95 bits per heavy atom. The molecule has 0 spiro atoms. The summed E-state index contributed by atoms with van der Waals surface area (Å²) >= 11 is 0. The molecule has 2 N–H and O–H groups in total. The molecule has 0 aliphatic rings. The summed E-state index contributed by atoms with van der Waals surface area (Å²) in [5, 5.41) is 11.3. The number of aromatic nitrogens is 1. The van der Waals surface area contributed by atoms with Crippen molar-refractivity contribution in [1.29, 1.82) is 0 Å². The van der Waals surface area contributed by atoms with E-state index in [9.17, 15) is 8.42 Å². The van der Waals surface area contributed by atoms with Gasteiger partial charge in [0, 0.05) is 11.9 Å². The van der Waals surface area contributed by atoms with Gasteiger partial charge < -0.3 is 5.21 Å². The first-order chi connectivity index (χ1) is 10.5. The monoisotopic (exact) mass is 319 g/mol. The lowest BCUT2D eigenvalue weighted by Crippen LogP contribution is -2.14. The minimum Gasteiger partial charge on any atom is -0.411 e. The third kappa shape index (κ3) is 4.29. The number of hydrogen-bond acceptors (Lipinski definition) is 5. The predicted octanol–water partition coefficient (Wildman–Crippen LogP) is 2.58. The molecular formula is C15H17N3O3S. The Bertz CT molecular complexity index is 756. The molecule has 0 atom stereocenters. The molecule has 1 heterocycles. The van der Waals surface area contributed by atoms with Crippen LogP contribution in [0.25, 0.3) is 0 Å². The molecule has 22 heavy (non-hydrogen) atoms. The van der Waals surface area contributed by atoms with Crippen LogP contribution in [0.1, 0.15) is 17.7 Å². The maximum atomic E-state index is 12.3. The van der Waals surface area contributed by atoms with Crippen LogP contribution in [0.5, 0.6) is 0 Å². The van der Waals surface area contributed by atoms with Crippen molar-refractivity contribution in [3.8, 4) is 0 Å².